The van der Waals surface area contributed by atoms with Crippen LogP contribution in [0, 0.1) is 11.8 Å². The Bertz CT molecular complexity index is 184. The number of carbonyl (C=O) groups is 1. The topological polar surface area (TPSA) is 26.3 Å². The van der Waals surface area contributed by atoms with Crippen LogP contribution in [0.4, 0.5) is 0 Å². The Morgan fingerprint density at radius 3 is 3.00 bits per heavy atom. The van der Waals surface area contributed by atoms with E-state index in [1.165, 1.54) is 7.11 Å². The summed E-state index contributed by atoms with van der Waals surface area (Å²) in [6.45, 7) is 2.15. The van der Waals surface area contributed by atoms with E-state index in [-0.39, 0.29) is 11.9 Å². The molecule has 0 heterocycles. The Morgan fingerprint density at radius 1 is 1.67 bits per heavy atom. The van der Waals surface area contributed by atoms with Crippen LogP contribution in [0.15, 0.2) is 12.2 Å². The maximum atomic E-state index is 11.2. The second-order valence-electron chi connectivity index (χ2n) is 3.29. The molecule has 0 aromatic heterocycles. The summed E-state index contributed by atoms with van der Waals surface area (Å²) in [7, 11) is 1.46. The van der Waals surface area contributed by atoms with E-state index in [1.54, 1.807) is 0 Å². The molecule has 0 amide bonds. The number of hydrogen-bond donors (Lipinski definition) is 0. The third-order valence-corrected chi connectivity index (χ3v) is 2.48. The number of allylic oxidation sites excluding steroid dienone is 2. The standard InChI is InChI=1S/C10H16O2/c1-3-8-5-4-6-9(7-8)10(11)12-2/h4-5,8-9H,3,6-7H2,1-2H3/t8-,9-/m1/s1. The molecule has 2 heteroatoms. The maximum Gasteiger partial charge on any atom is 0.308 e. The minimum atomic E-state index is -0.0576. The second kappa shape index (κ2) is 4.29. The number of ether oxygens (including phenoxy) is 1. The molecule has 0 spiro atoms. The van der Waals surface area contributed by atoms with E-state index in [1.807, 2.05) is 0 Å². The van der Waals surface area contributed by atoms with Gasteiger partial charge in [-0.05, 0) is 25.2 Å². The van der Waals surface area contributed by atoms with Gasteiger partial charge in [-0.1, -0.05) is 19.1 Å². The molecule has 0 unspecified atom stereocenters. The lowest BCUT2D eigenvalue weighted by Gasteiger charge is -2.21. The van der Waals surface area contributed by atoms with E-state index in [4.69, 9.17) is 4.74 Å². The van der Waals surface area contributed by atoms with Gasteiger partial charge in [-0.2, -0.15) is 0 Å². The van der Waals surface area contributed by atoms with Gasteiger partial charge in [0.15, 0.2) is 0 Å². The molecule has 2 nitrogen and oxygen atoms in total. The lowest BCUT2D eigenvalue weighted by atomic mass is 9.85. The Kier molecular flexibility index (Phi) is 3.32. The highest BCUT2D eigenvalue weighted by atomic mass is 16.5. The molecule has 0 bridgehead atoms. The summed E-state index contributed by atoms with van der Waals surface area (Å²) in [4.78, 5) is 11.2. The predicted molar refractivity (Wildman–Crippen MR) is 47.7 cm³/mol. The average molecular weight is 168 g/mol. The summed E-state index contributed by atoms with van der Waals surface area (Å²) < 4.78 is 4.71. The van der Waals surface area contributed by atoms with Crippen molar-refractivity contribution in [3.8, 4) is 0 Å². The Morgan fingerprint density at radius 2 is 2.42 bits per heavy atom. The zero-order valence-electron chi connectivity index (χ0n) is 7.75. The molecule has 1 aliphatic rings. The first kappa shape index (κ1) is 9.30. The van der Waals surface area contributed by atoms with E-state index in [0.717, 1.165) is 19.3 Å². The average Bonchev–Trinajstić information content (AvgIpc) is 2.17. The quantitative estimate of drug-likeness (QED) is 0.466. The maximum absolute atomic E-state index is 11.2. The molecule has 0 fully saturated rings. The normalized spacial score (nSPS) is 28.5. The van der Waals surface area contributed by atoms with E-state index < -0.39 is 0 Å². The van der Waals surface area contributed by atoms with Gasteiger partial charge in [0.05, 0.1) is 13.0 Å². The molecule has 0 saturated heterocycles. The highest BCUT2D eigenvalue weighted by Gasteiger charge is 2.23. The van der Waals surface area contributed by atoms with Gasteiger partial charge >= 0.3 is 5.97 Å². The summed E-state index contributed by atoms with van der Waals surface area (Å²) in [6, 6.07) is 0. The molecule has 0 saturated carbocycles. The molecule has 1 aliphatic carbocycles. The van der Waals surface area contributed by atoms with Gasteiger partial charge in [-0.25, -0.2) is 0 Å². The summed E-state index contributed by atoms with van der Waals surface area (Å²) >= 11 is 0. The van der Waals surface area contributed by atoms with Crippen molar-refractivity contribution in [2.24, 2.45) is 11.8 Å². The second-order valence-corrected chi connectivity index (χ2v) is 3.29. The fourth-order valence-corrected chi connectivity index (χ4v) is 1.64. The van der Waals surface area contributed by atoms with Crippen LogP contribution < -0.4 is 0 Å². The first-order chi connectivity index (χ1) is 5.77. The van der Waals surface area contributed by atoms with Crippen molar-refractivity contribution in [3.05, 3.63) is 12.2 Å². The van der Waals surface area contributed by atoms with Crippen LogP contribution in [0.3, 0.4) is 0 Å². The fourth-order valence-electron chi connectivity index (χ4n) is 1.64. The predicted octanol–water partition coefficient (Wildman–Crippen LogP) is 2.15. The van der Waals surface area contributed by atoms with Crippen LogP contribution >= 0.6 is 0 Å². The number of rotatable bonds is 2. The van der Waals surface area contributed by atoms with Crippen molar-refractivity contribution in [2.75, 3.05) is 7.11 Å². The Balaban J connectivity index is 2.49. The zero-order chi connectivity index (χ0) is 8.97. The molecule has 12 heavy (non-hydrogen) atoms. The van der Waals surface area contributed by atoms with Crippen molar-refractivity contribution < 1.29 is 9.53 Å². The third kappa shape index (κ3) is 2.10. The van der Waals surface area contributed by atoms with Crippen LogP contribution in [0.1, 0.15) is 26.2 Å². The van der Waals surface area contributed by atoms with E-state index >= 15 is 0 Å². The van der Waals surface area contributed by atoms with Crippen LogP contribution in [0.25, 0.3) is 0 Å². The van der Waals surface area contributed by atoms with Gasteiger partial charge in [0.25, 0.3) is 0 Å². The van der Waals surface area contributed by atoms with Crippen molar-refractivity contribution in [1.29, 1.82) is 0 Å². The Labute approximate surface area is 73.6 Å². The Hall–Kier alpha value is -0.790. The SMILES string of the molecule is CC[C@@H]1C=CC[C@@H](C(=O)OC)C1. The summed E-state index contributed by atoms with van der Waals surface area (Å²) in [5, 5.41) is 0. The molecular weight excluding hydrogens is 152 g/mol. The fraction of sp³-hybridized carbons (Fsp3) is 0.700. The molecule has 68 valence electrons. The number of carbonyl (C=O) groups excluding carboxylic acids is 1. The monoisotopic (exact) mass is 168 g/mol. The summed E-state index contributed by atoms with van der Waals surface area (Å²) in [5.74, 6) is 0.616. The molecule has 2 atom stereocenters. The number of hydrogen-bond acceptors (Lipinski definition) is 2. The van der Waals surface area contributed by atoms with Crippen LogP contribution in [-0.4, -0.2) is 13.1 Å². The van der Waals surface area contributed by atoms with Crippen LogP contribution in [0.2, 0.25) is 0 Å². The minimum Gasteiger partial charge on any atom is -0.469 e. The van der Waals surface area contributed by atoms with Gasteiger partial charge in [0.1, 0.15) is 0 Å². The van der Waals surface area contributed by atoms with E-state index in [0.29, 0.717) is 5.92 Å². The molecule has 0 radical (unpaired) electrons. The highest BCUT2D eigenvalue weighted by Crippen LogP contribution is 2.26. The zero-order valence-corrected chi connectivity index (χ0v) is 7.75. The molecule has 0 N–H and O–H groups in total. The highest BCUT2D eigenvalue weighted by molar-refractivity contribution is 5.72. The first-order valence-electron chi connectivity index (χ1n) is 4.52. The number of esters is 1. The van der Waals surface area contributed by atoms with Crippen molar-refractivity contribution >= 4 is 5.97 Å². The van der Waals surface area contributed by atoms with Crippen molar-refractivity contribution in [1.82, 2.24) is 0 Å². The van der Waals surface area contributed by atoms with Crippen molar-refractivity contribution in [3.63, 3.8) is 0 Å². The van der Waals surface area contributed by atoms with Crippen molar-refractivity contribution in [2.45, 2.75) is 26.2 Å². The third-order valence-electron chi connectivity index (χ3n) is 2.48. The van der Waals surface area contributed by atoms with Gasteiger partial charge < -0.3 is 4.74 Å². The number of methoxy groups -OCH3 is 1. The largest absolute Gasteiger partial charge is 0.469 e. The summed E-state index contributed by atoms with van der Waals surface area (Å²) in [6.07, 6.45) is 7.23. The minimum absolute atomic E-state index is 0.0576. The van der Waals surface area contributed by atoms with Crippen LogP contribution in [0.5, 0.6) is 0 Å². The van der Waals surface area contributed by atoms with Gasteiger partial charge in [-0.15, -0.1) is 0 Å². The van der Waals surface area contributed by atoms with E-state index in [9.17, 15) is 4.79 Å². The summed E-state index contributed by atoms with van der Waals surface area (Å²) in [5.41, 5.74) is 0. The van der Waals surface area contributed by atoms with Gasteiger partial charge in [0.2, 0.25) is 0 Å². The lowest BCUT2D eigenvalue weighted by Crippen LogP contribution is -2.20. The van der Waals surface area contributed by atoms with Crippen LogP contribution in [-0.2, 0) is 9.53 Å². The molecular formula is C10H16O2. The van der Waals surface area contributed by atoms with Gasteiger partial charge in [-0.3, -0.25) is 4.79 Å². The first-order valence-corrected chi connectivity index (χ1v) is 4.52. The molecule has 0 aliphatic heterocycles. The van der Waals surface area contributed by atoms with Gasteiger partial charge in [0, 0.05) is 0 Å². The molecule has 0 aromatic rings. The van der Waals surface area contributed by atoms with E-state index in [2.05, 4.69) is 19.1 Å². The molecule has 0 aromatic carbocycles. The lowest BCUT2D eigenvalue weighted by molar-refractivity contribution is -0.146. The smallest absolute Gasteiger partial charge is 0.308 e. The molecule has 1 rings (SSSR count).